The smallest absolute Gasteiger partial charge is 0.335 e. The molecule has 2 aromatic rings. The standard InChI is InChI=1S/C13H11BrN2O3S/c14-10-6-8(12(17)18)3-4-11(10)16-13(19)15-7-9-2-1-5-20-9/h1-6H,7H2,(H,17,18)(H2,15,16,19). The fourth-order valence-electron chi connectivity index (χ4n) is 1.50. The van der Waals surface area contributed by atoms with Gasteiger partial charge in [0.15, 0.2) is 0 Å². The van der Waals surface area contributed by atoms with Gasteiger partial charge in [0.2, 0.25) is 0 Å². The summed E-state index contributed by atoms with van der Waals surface area (Å²) in [6.45, 7) is 0.453. The zero-order chi connectivity index (χ0) is 14.5. The van der Waals surface area contributed by atoms with Crippen molar-refractivity contribution in [2.75, 3.05) is 5.32 Å². The molecule has 2 amide bonds. The van der Waals surface area contributed by atoms with Gasteiger partial charge in [-0.25, -0.2) is 9.59 Å². The molecule has 0 aliphatic rings. The number of benzene rings is 1. The van der Waals surface area contributed by atoms with Crippen LogP contribution in [0.4, 0.5) is 10.5 Å². The second kappa shape index (κ2) is 6.53. The number of urea groups is 1. The molecule has 7 heteroatoms. The number of nitrogens with one attached hydrogen (secondary N) is 2. The van der Waals surface area contributed by atoms with Crippen LogP contribution >= 0.6 is 27.3 Å². The van der Waals surface area contributed by atoms with Gasteiger partial charge in [-0.3, -0.25) is 0 Å². The van der Waals surface area contributed by atoms with Crippen molar-refractivity contribution in [2.24, 2.45) is 0 Å². The third-order valence-corrected chi connectivity index (χ3v) is 4.00. The van der Waals surface area contributed by atoms with Gasteiger partial charge < -0.3 is 15.7 Å². The summed E-state index contributed by atoms with van der Waals surface area (Å²) in [6.07, 6.45) is 0. The SMILES string of the molecule is O=C(NCc1cccs1)Nc1ccc(C(=O)O)cc1Br. The number of carbonyl (C=O) groups is 2. The number of aromatic carboxylic acids is 1. The first-order chi connectivity index (χ1) is 9.56. The van der Waals surface area contributed by atoms with Crippen LogP contribution in [0, 0.1) is 0 Å². The minimum absolute atomic E-state index is 0.154. The van der Waals surface area contributed by atoms with E-state index in [0.29, 0.717) is 16.7 Å². The van der Waals surface area contributed by atoms with E-state index in [1.165, 1.54) is 18.2 Å². The summed E-state index contributed by atoms with van der Waals surface area (Å²) >= 11 is 4.79. The first kappa shape index (κ1) is 14.5. The molecule has 1 aromatic heterocycles. The van der Waals surface area contributed by atoms with Crippen LogP contribution in [0.15, 0.2) is 40.2 Å². The van der Waals surface area contributed by atoms with Gasteiger partial charge in [-0.2, -0.15) is 0 Å². The topological polar surface area (TPSA) is 78.4 Å². The molecule has 1 heterocycles. The Labute approximate surface area is 127 Å². The Balaban J connectivity index is 1.95. The zero-order valence-electron chi connectivity index (χ0n) is 10.2. The lowest BCUT2D eigenvalue weighted by Crippen LogP contribution is -2.28. The van der Waals surface area contributed by atoms with E-state index in [4.69, 9.17) is 5.11 Å². The fourth-order valence-corrected chi connectivity index (χ4v) is 2.62. The number of carboxylic acid groups (broad SMARTS) is 1. The van der Waals surface area contributed by atoms with Gasteiger partial charge in [0.1, 0.15) is 0 Å². The van der Waals surface area contributed by atoms with Gasteiger partial charge in [-0.1, -0.05) is 6.07 Å². The summed E-state index contributed by atoms with van der Waals surface area (Å²) in [5.74, 6) is -1.01. The summed E-state index contributed by atoms with van der Waals surface area (Å²) in [4.78, 5) is 23.6. The molecule has 0 saturated heterocycles. The van der Waals surface area contributed by atoms with E-state index < -0.39 is 5.97 Å². The summed E-state index contributed by atoms with van der Waals surface area (Å²) in [5, 5.41) is 16.2. The number of amides is 2. The Bertz CT molecular complexity index is 629. The van der Waals surface area contributed by atoms with Gasteiger partial charge in [-0.05, 0) is 45.6 Å². The Kier molecular flexibility index (Phi) is 4.75. The number of carbonyl (C=O) groups excluding carboxylic acids is 1. The summed E-state index contributed by atoms with van der Waals surface area (Å²) in [7, 11) is 0. The third-order valence-electron chi connectivity index (χ3n) is 2.47. The molecule has 3 N–H and O–H groups in total. The van der Waals surface area contributed by atoms with Crippen molar-refractivity contribution in [2.45, 2.75) is 6.54 Å². The third kappa shape index (κ3) is 3.82. The van der Waals surface area contributed by atoms with Gasteiger partial charge in [0.25, 0.3) is 0 Å². The van der Waals surface area contributed by atoms with E-state index in [-0.39, 0.29) is 11.6 Å². The maximum atomic E-state index is 11.7. The van der Waals surface area contributed by atoms with Crippen molar-refractivity contribution in [3.63, 3.8) is 0 Å². The average Bonchev–Trinajstić information content (AvgIpc) is 2.91. The molecule has 0 aliphatic heterocycles. The Morgan fingerprint density at radius 3 is 2.70 bits per heavy atom. The Morgan fingerprint density at radius 2 is 2.10 bits per heavy atom. The predicted molar refractivity (Wildman–Crippen MR) is 81.3 cm³/mol. The van der Waals surface area contributed by atoms with E-state index in [0.717, 1.165) is 4.88 Å². The summed E-state index contributed by atoms with van der Waals surface area (Å²) in [5.41, 5.74) is 0.667. The molecule has 104 valence electrons. The number of carboxylic acids is 1. The van der Waals surface area contributed by atoms with Crippen molar-refractivity contribution in [3.8, 4) is 0 Å². The van der Waals surface area contributed by atoms with Crippen molar-refractivity contribution in [1.82, 2.24) is 5.32 Å². The van der Waals surface area contributed by atoms with Gasteiger partial charge in [-0.15, -0.1) is 11.3 Å². The molecule has 0 aliphatic carbocycles. The summed E-state index contributed by atoms with van der Waals surface area (Å²) in [6, 6.07) is 7.92. The average molecular weight is 355 g/mol. The van der Waals surface area contributed by atoms with Crippen LogP contribution in [0.25, 0.3) is 0 Å². The van der Waals surface area contributed by atoms with Gasteiger partial charge in [0, 0.05) is 9.35 Å². The molecule has 0 saturated carbocycles. The maximum Gasteiger partial charge on any atom is 0.335 e. The van der Waals surface area contributed by atoms with Crippen molar-refractivity contribution in [1.29, 1.82) is 0 Å². The molecule has 20 heavy (non-hydrogen) atoms. The lowest BCUT2D eigenvalue weighted by atomic mass is 10.2. The molecule has 0 unspecified atom stereocenters. The van der Waals surface area contributed by atoms with Crippen molar-refractivity contribution >= 4 is 45.0 Å². The lowest BCUT2D eigenvalue weighted by Gasteiger charge is -2.09. The molecule has 1 aromatic carbocycles. The first-order valence-electron chi connectivity index (χ1n) is 5.66. The molecule has 0 spiro atoms. The lowest BCUT2D eigenvalue weighted by molar-refractivity contribution is 0.0697. The number of hydrogen-bond donors (Lipinski definition) is 3. The van der Waals surface area contributed by atoms with E-state index in [9.17, 15) is 9.59 Å². The minimum atomic E-state index is -1.01. The van der Waals surface area contributed by atoms with E-state index in [1.807, 2.05) is 17.5 Å². The second-order valence-electron chi connectivity index (χ2n) is 3.89. The van der Waals surface area contributed by atoms with Crippen molar-refractivity contribution in [3.05, 3.63) is 50.6 Å². The largest absolute Gasteiger partial charge is 0.478 e. The maximum absolute atomic E-state index is 11.7. The van der Waals surface area contributed by atoms with Crippen molar-refractivity contribution < 1.29 is 14.7 Å². The van der Waals surface area contributed by atoms with Crippen LogP contribution in [0.2, 0.25) is 0 Å². The molecule has 0 atom stereocenters. The molecule has 2 rings (SSSR count). The highest BCUT2D eigenvalue weighted by Gasteiger charge is 2.09. The van der Waals surface area contributed by atoms with Crippen LogP contribution in [0.3, 0.4) is 0 Å². The Hall–Kier alpha value is -1.86. The molecule has 0 bridgehead atoms. The number of hydrogen-bond acceptors (Lipinski definition) is 3. The second-order valence-corrected chi connectivity index (χ2v) is 5.77. The first-order valence-corrected chi connectivity index (χ1v) is 7.33. The normalized spacial score (nSPS) is 10.1. The molecule has 0 radical (unpaired) electrons. The van der Waals surface area contributed by atoms with E-state index >= 15 is 0 Å². The number of rotatable bonds is 4. The monoisotopic (exact) mass is 354 g/mol. The fraction of sp³-hybridized carbons (Fsp3) is 0.0769. The molecular weight excluding hydrogens is 344 g/mol. The van der Waals surface area contributed by atoms with Crippen LogP contribution in [-0.2, 0) is 6.54 Å². The molecular formula is C13H11BrN2O3S. The van der Waals surface area contributed by atoms with Crippen LogP contribution < -0.4 is 10.6 Å². The van der Waals surface area contributed by atoms with E-state index in [1.54, 1.807) is 11.3 Å². The van der Waals surface area contributed by atoms with Gasteiger partial charge in [0.05, 0.1) is 17.8 Å². The predicted octanol–water partition coefficient (Wildman–Crippen LogP) is 3.53. The Morgan fingerprint density at radius 1 is 1.30 bits per heavy atom. The summed E-state index contributed by atoms with van der Waals surface area (Å²) < 4.78 is 0.517. The minimum Gasteiger partial charge on any atom is -0.478 e. The van der Waals surface area contributed by atoms with Crippen LogP contribution in [0.1, 0.15) is 15.2 Å². The molecule has 5 nitrogen and oxygen atoms in total. The number of anilines is 1. The van der Waals surface area contributed by atoms with Gasteiger partial charge >= 0.3 is 12.0 Å². The number of thiophene rings is 1. The highest BCUT2D eigenvalue weighted by Crippen LogP contribution is 2.23. The zero-order valence-corrected chi connectivity index (χ0v) is 12.6. The highest BCUT2D eigenvalue weighted by atomic mass is 79.9. The molecule has 0 fully saturated rings. The highest BCUT2D eigenvalue weighted by molar-refractivity contribution is 9.10. The quantitative estimate of drug-likeness (QED) is 0.785. The van der Waals surface area contributed by atoms with Crippen LogP contribution in [0.5, 0.6) is 0 Å². The number of halogens is 1. The van der Waals surface area contributed by atoms with E-state index in [2.05, 4.69) is 26.6 Å². The van der Waals surface area contributed by atoms with Crippen LogP contribution in [-0.4, -0.2) is 17.1 Å².